The minimum Gasteiger partial charge on any atom is -0.261 e. The van der Waals surface area contributed by atoms with Gasteiger partial charge in [-0.1, -0.05) is 6.92 Å². The van der Waals surface area contributed by atoms with Crippen LogP contribution >= 0.6 is 0 Å². The zero-order chi connectivity index (χ0) is 9.05. The first-order valence-electron chi connectivity index (χ1n) is 5.16. The van der Waals surface area contributed by atoms with E-state index < -0.39 is 0 Å². The van der Waals surface area contributed by atoms with Gasteiger partial charge in [-0.2, -0.15) is 0 Å². The Labute approximate surface area is 79.2 Å². The van der Waals surface area contributed by atoms with Crippen LogP contribution in [0, 0.1) is 6.92 Å². The highest BCUT2D eigenvalue weighted by Crippen LogP contribution is 2.56. The summed E-state index contributed by atoms with van der Waals surface area (Å²) < 4.78 is 0. The number of aromatic nitrogens is 1. The molecule has 1 saturated carbocycles. The summed E-state index contributed by atoms with van der Waals surface area (Å²) in [6, 6.07) is 2.30. The van der Waals surface area contributed by atoms with Crippen LogP contribution < -0.4 is 0 Å². The zero-order valence-electron chi connectivity index (χ0n) is 8.30. The Morgan fingerprint density at radius 2 is 2.38 bits per heavy atom. The van der Waals surface area contributed by atoms with E-state index in [2.05, 4.69) is 31.1 Å². The first-order chi connectivity index (χ1) is 6.19. The molecule has 2 aliphatic carbocycles. The van der Waals surface area contributed by atoms with Crippen molar-refractivity contribution in [3.63, 3.8) is 0 Å². The third kappa shape index (κ3) is 0.849. The molecule has 1 fully saturated rings. The molecule has 1 aromatic heterocycles. The van der Waals surface area contributed by atoms with E-state index in [0.717, 1.165) is 5.92 Å². The van der Waals surface area contributed by atoms with E-state index in [0.29, 0.717) is 5.41 Å². The number of hydrogen-bond donors (Lipinski definition) is 0. The van der Waals surface area contributed by atoms with Gasteiger partial charge in [-0.15, -0.1) is 0 Å². The molecule has 0 aromatic carbocycles. The van der Waals surface area contributed by atoms with E-state index in [1.807, 2.05) is 0 Å². The van der Waals surface area contributed by atoms with E-state index in [-0.39, 0.29) is 0 Å². The second-order valence-electron chi connectivity index (χ2n) is 4.91. The Morgan fingerprint density at radius 3 is 3.23 bits per heavy atom. The molecule has 2 aliphatic rings. The van der Waals surface area contributed by atoms with Crippen LogP contribution in [0.4, 0.5) is 0 Å². The summed E-state index contributed by atoms with van der Waals surface area (Å²) in [5.41, 5.74) is 4.80. The number of aryl methyl sites for hydroxylation is 1. The molecule has 0 amide bonds. The average molecular weight is 173 g/mol. The minimum absolute atomic E-state index is 0.494. The molecule has 68 valence electrons. The second-order valence-corrected chi connectivity index (χ2v) is 4.91. The monoisotopic (exact) mass is 173 g/mol. The lowest BCUT2D eigenvalue weighted by Gasteiger charge is -2.23. The van der Waals surface area contributed by atoms with Crippen LogP contribution in [0.5, 0.6) is 0 Å². The van der Waals surface area contributed by atoms with Crippen molar-refractivity contribution in [2.75, 3.05) is 0 Å². The van der Waals surface area contributed by atoms with Crippen molar-refractivity contribution < 1.29 is 0 Å². The van der Waals surface area contributed by atoms with Crippen molar-refractivity contribution in [3.05, 3.63) is 29.1 Å². The van der Waals surface area contributed by atoms with Crippen molar-refractivity contribution in [2.24, 2.45) is 0 Å². The molecule has 1 nitrogen and oxygen atoms in total. The molecule has 3 rings (SSSR count). The Morgan fingerprint density at radius 1 is 1.54 bits per heavy atom. The lowest BCUT2D eigenvalue weighted by atomic mass is 9.81. The Balaban J connectivity index is 2.25. The predicted octanol–water partition coefficient (Wildman–Crippen LogP) is 2.93. The summed E-state index contributed by atoms with van der Waals surface area (Å²) in [5.74, 6) is 0.827. The van der Waals surface area contributed by atoms with Gasteiger partial charge in [0.2, 0.25) is 0 Å². The largest absolute Gasteiger partial charge is 0.261 e. The van der Waals surface area contributed by atoms with Crippen LogP contribution in [0.3, 0.4) is 0 Å². The predicted molar refractivity (Wildman–Crippen MR) is 52.9 cm³/mol. The van der Waals surface area contributed by atoms with Gasteiger partial charge in [0.1, 0.15) is 0 Å². The van der Waals surface area contributed by atoms with Gasteiger partial charge in [-0.05, 0) is 54.7 Å². The summed E-state index contributed by atoms with van der Waals surface area (Å²) in [5, 5.41) is 0. The highest BCUT2D eigenvalue weighted by molar-refractivity contribution is 5.44. The van der Waals surface area contributed by atoms with Gasteiger partial charge in [0.05, 0.1) is 0 Å². The van der Waals surface area contributed by atoms with Crippen molar-refractivity contribution in [2.45, 2.75) is 44.4 Å². The smallest absolute Gasteiger partial charge is 0.0375 e. The van der Waals surface area contributed by atoms with E-state index in [4.69, 9.17) is 0 Å². The molecule has 2 unspecified atom stereocenters. The number of hydrogen-bond acceptors (Lipinski definition) is 1. The van der Waals surface area contributed by atoms with Gasteiger partial charge in [-0.25, -0.2) is 0 Å². The molecule has 2 atom stereocenters. The van der Waals surface area contributed by atoms with Crippen LogP contribution in [-0.4, -0.2) is 4.98 Å². The van der Waals surface area contributed by atoms with E-state index in [1.54, 1.807) is 11.1 Å². The molecular formula is C12H15N. The van der Waals surface area contributed by atoms with Crippen LogP contribution in [0.25, 0.3) is 0 Å². The van der Waals surface area contributed by atoms with Gasteiger partial charge < -0.3 is 0 Å². The first kappa shape index (κ1) is 7.54. The van der Waals surface area contributed by atoms with Crippen molar-refractivity contribution in [3.8, 4) is 0 Å². The van der Waals surface area contributed by atoms with Crippen LogP contribution in [0.2, 0.25) is 0 Å². The van der Waals surface area contributed by atoms with Gasteiger partial charge in [0.25, 0.3) is 0 Å². The third-order valence-corrected chi connectivity index (χ3v) is 3.90. The summed E-state index contributed by atoms with van der Waals surface area (Å²) in [6.07, 6.45) is 6.25. The Bertz CT molecular complexity index is 369. The molecule has 0 spiro atoms. The molecule has 2 bridgehead atoms. The standard InChI is InChI=1S/C12H15N/c1-8-5-11-10(7-13-8)9-3-4-12(11,2)6-9/h5,7,9H,3-4,6H2,1-2H3. The van der Waals surface area contributed by atoms with Crippen molar-refractivity contribution in [1.82, 2.24) is 4.98 Å². The quantitative estimate of drug-likeness (QED) is 0.588. The lowest BCUT2D eigenvalue weighted by Crippen LogP contribution is -2.16. The van der Waals surface area contributed by atoms with Gasteiger partial charge >= 0.3 is 0 Å². The van der Waals surface area contributed by atoms with Gasteiger partial charge in [0, 0.05) is 11.9 Å². The summed E-state index contributed by atoms with van der Waals surface area (Å²) in [7, 11) is 0. The summed E-state index contributed by atoms with van der Waals surface area (Å²) >= 11 is 0. The second kappa shape index (κ2) is 2.14. The number of fused-ring (bicyclic) bond motifs is 5. The fourth-order valence-electron chi connectivity index (χ4n) is 3.17. The summed E-state index contributed by atoms with van der Waals surface area (Å²) in [6.45, 7) is 4.51. The zero-order valence-corrected chi connectivity index (χ0v) is 8.30. The van der Waals surface area contributed by atoms with Gasteiger partial charge in [0.15, 0.2) is 0 Å². The third-order valence-electron chi connectivity index (χ3n) is 3.90. The number of pyridine rings is 1. The topological polar surface area (TPSA) is 12.9 Å². The molecule has 0 saturated heterocycles. The molecular weight excluding hydrogens is 158 g/mol. The number of nitrogens with zero attached hydrogens (tertiary/aromatic N) is 1. The van der Waals surface area contributed by atoms with E-state index in [9.17, 15) is 0 Å². The Kier molecular flexibility index (Phi) is 1.24. The molecule has 0 radical (unpaired) electrons. The number of rotatable bonds is 0. The maximum absolute atomic E-state index is 4.40. The summed E-state index contributed by atoms with van der Waals surface area (Å²) in [4.78, 5) is 4.40. The molecule has 1 aromatic rings. The highest BCUT2D eigenvalue weighted by Gasteiger charge is 2.45. The average Bonchev–Trinajstić information content (AvgIpc) is 2.59. The minimum atomic E-state index is 0.494. The van der Waals surface area contributed by atoms with Gasteiger partial charge in [-0.3, -0.25) is 4.98 Å². The fourth-order valence-corrected chi connectivity index (χ4v) is 3.17. The fraction of sp³-hybridized carbons (Fsp3) is 0.583. The molecule has 0 N–H and O–H groups in total. The normalized spacial score (nSPS) is 35.1. The van der Waals surface area contributed by atoms with Crippen molar-refractivity contribution >= 4 is 0 Å². The van der Waals surface area contributed by atoms with Crippen molar-refractivity contribution in [1.29, 1.82) is 0 Å². The van der Waals surface area contributed by atoms with Crippen LogP contribution in [-0.2, 0) is 5.41 Å². The molecule has 1 heteroatoms. The SMILES string of the molecule is Cc1cc2c(cn1)C1CCC2(C)C1. The Hall–Kier alpha value is -0.850. The lowest BCUT2D eigenvalue weighted by molar-refractivity contribution is 0.504. The van der Waals surface area contributed by atoms with E-state index >= 15 is 0 Å². The maximum Gasteiger partial charge on any atom is 0.0375 e. The maximum atomic E-state index is 4.40. The first-order valence-corrected chi connectivity index (χ1v) is 5.16. The van der Waals surface area contributed by atoms with Crippen LogP contribution in [0.15, 0.2) is 12.3 Å². The molecule has 0 aliphatic heterocycles. The van der Waals surface area contributed by atoms with Crippen LogP contribution in [0.1, 0.15) is 48.9 Å². The molecule has 1 heterocycles. The van der Waals surface area contributed by atoms with E-state index in [1.165, 1.54) is 25.0 Å². The highest BCUT2D eigenvalue weighted by atomic mass is 14.7. The molecule has 13 heavy (non-hydrogen) atoms.